The van der Waals surface area contributed by atoms with Gasteiger partial charge in [0.2, 0.25) is 0 Å². The van der Waals surface area contributed by atoms with Crippen LogP contribution in [0.25, 0.3) is 0 Å². The van der Waals surface area contributed by atoms with Crippen molar-refractivity contribution in [3.05, 3.63) is 35.6 Å². The van der Waals surface area contributed by atoms with Gasteiger partial charge in [-0.1, -0.05) is 12.1 Å². The van der Waals surface area contributed by atoms with Crippen molar-refractivity contribution in [3.63, 3.8) is 0 Å². The molecule has 1 saturated carbocycles. The molecular formula is C12H15FO2. The number of rotatable bonds is 4. The van der Waals surface area contributed by atoms with Gasteiger partial charge in [-0.25, -0.2) is 4.39 Å². The monoisotopic (exact) mass is 210 g/mol. The Kier molecular flexibility index (Phi) is 2.76. The number of aliphatic hydroxyl groups is 1. The second kappa shape index (κ2) is 3.91. The van der Waals surface area contributed by atoms with E-state index in [0.717, 1.165) is 12.0 Å². The van der Waals surface area contributed by atoms with Crippen molar-refractivity contribution in [1.82, 2.24) is 0 Å². The minimum atomic E-state index is -0.266. The van der Waals surface area contributed by atoms with Gasteiger partial charge in [0, 0.05) is 19.1 Å². The lowest BCUT2D eigenvalue weighted by molar-refractivity contribution is 0.163. The first-order valence-electron chi connectivity index (χ1n) is 5.09. The SMILES string of the molecule is COC[C@@H]1C[C@@]1(CO)c1cccc(F)c1. The van der Waals surface area contributed by atoms with Crippen molar-refractivity contribution in [3.8, 4) is 0 Å². The van der Waals surface area contributed by atoms with Crippen LogP contribution in [0.5, 0.6) is 0 Å². The number of methoxy groups -OCH3 is 1. The van der Waals surface area contributed by atoms with Crippen molar-refractivity contribution < 1.29 is 14.2 Å². The molecule has 0 amide bonds. The normalized spacial score (nSPS) is 29.1. The van der Waals surface area contributed by atoms with Crippen LogP contribution in [-0.4, -0.2) is 25.4 Å². The van der Waals surface area contributed by atoms with Crippen LogP contribution in [0, 0.1) is 11.7 Å². The number of benzene rings is 1. The molecule has 1 aromatic rings. The molecule has 0 aliphatic heterocycles. The molecule has 1 aromatic carbocycles. The third kappa shape index (κ3) is 1.77. The Hall–Kier alpha value is -0.930. The van der Waals surface area contributed by atoms with Crippen LogP contribution in [0.4, 0.5) is 4.39 Å². The number of hydrogen-bond donors (Lipinski definition) is 1. The van der Waals surface area contributed by atoms with E-state index in [4.69, 9.17) is 4.74 Å². The largest absolute Gasteiger partial charge is 0.395 e. The minimum absolute atomic E-state index is 0.0600. The van der Waals surface area contributed by atoms with E-state index in [9.17, 15) is 9.50 Å². The zero-order chi connectivity index (χ0) is 10.9. The molecule has 1 aliphatic rings. The maximum Gasteiger partial charge on any atom is 0.123 e. The third-order valence-electron chi connectivity index (χ3n) is 3.28. The molecule has 3 heteroatoms. The molecule has 0 unspecified atom stereocenters. The minimum Gasteiger partial charge on any atom is -0.395 e. The van der Waals surface area contributed by atoms with Gasteiger partial charge in [0.05, 0.1) is 6.61 Å². The fourth-order valence-corrected chi connectivity index (χ4v) is 2.24. The molecule has 1 aliphatic carbocycles. The van der Waals surface area contributed by atoms with E-state index in [1.54, 1.807) is 13.2 Å². The number of aliphatic hydroxyl groups excluding tert-OH is 1. The van der Waals surface area contributed by atoms with Gasteiger partial charge >= 0.3 is 0 Å². The lowest BCUT2D eigenvalue weighted by Crippen LogP contribution is -2.17. The zero-order valence-electron chi connectivity index (χ0n) is 8.74. The molecular weight excluding hydrogens is 195 g/mol. The van der Waals surface area contributed by atoms with Crippen LogP contribution in [0.1, 0.15) is 12.0 Å². The summed E-state index contributed by atoms with van der Waals surface area (Å²) in [6.45, 7) is 0.682. The van der Waals surface area contributed by atoms with Gasteiger partial charge in [-0.2, -0.15) is 0 Å². The van der Waals surface area contributed by atoms with Gasteiger partial charge < -0.3 is 9.84 Å². The Labute approximate surface area is 88.7 Å². The smallest absolute Gasteiger partial charge is 0.123 e. The summed E-state index contributed by atoms with van der Waals surface area (Å²) in [5, 5.41) is 9.42. The molecule has 0 aromatic heterocycles. The summed E-state index contributed by atoms with van der Waals surface area (Å²) in [6, 6.07) is 6.48. The first-order chi connectivity index (χ1) is 7.23. The van der Waals surface area contributed by atoms with E-state index in [1.807, 2.05) is 6.07 Å². The van der Waals surface area contributed by atoms with E-state index in [1.165, 1.54) is 12.1 Å². The van der Waals surface area contributed by atoms with Crippen molar-refractivity contribution >= 4 is 0 Å². The van der Waals surface area contributed by atoms with Gasteiger partial charge in [-0.05, 0) is 30.0 Å². The summed E-state index contributed by atoms with van der Waals surface area (Å²) >= 11 is 0. The molecule has 2 atom stereocenters. The summed E-state index contributed by atoms with van der Waals surface area (Å²) in [7, 11) is 1.64. The Morgan fingerprint density at radius 1 is 1.60 bits per heavy atom. The summed E-state index contributed by atoms with van der Waals surface area (Å²) in [5.41, 5.74) is 0.616. The zero-order valence-corrected chi connectivity index (χ0v) is 8.74. The van der Waals surface area contributed by atoms with Crippen LogP contribution < -0.4 is 0 Å². The van der Waals surface area contributed by atoms with Gasteiger partial charge in [0.25, 0.3) is 0 Å². The van der Waals surface area contributed by atoms with Crippen molar-refractivity contribution in [2.45, 2.75) is 11.8 Å². The maximum absolute atomic E-state index is 13.1. The van der Waals surface area contributed by atoms with Crippen LogP contribution >= 0.6 is 0 Å². The van der Waals surface area contributed by atoms with E-state index < -0.39 is 0 Å². The van der Waals surface area contributed by atoms with Crippen molar-refractivity contribution in [2.24, 2.45) is 5.92 Å². The topological polar surface area (TPSA) is 29.5 Å². The quantitative estimate of drug-likeness (QED) is 0.820. The van der Waals surface area contributed by atoms with Crippen LogP contribution in [0.3, 0.4) is 0 Å². The van der Waals surface area contributed by atoms with Gasteiger partial charge in [-0.3, -0.25) is 0 Å². The molecule has 15 heavy (non-hydrogen) atoms. The lowest BCUT2D eigenvalue weighted by atomic mass is 9.94. The average Bonchev–Trinajstić information content (AvgIpc) is 2.94. The fraction of sp³-hybridized carbons (Fsp3) is 0.500. The predicted molar refractivity (Wildman–Crippen MR) is 55.1 cm³/mol. The standard InChI is InChI=1S/C12H15FO2/c1-15-7-10-6-12(10,8-14)9-3-2-4-11(13)5-9/h2-5,10,14H,6-8H2,1H3/t10-,12+/m0/s1. The van der Waals surface area contributed by atoms with E-state index in [0.29, 0.717) is 12.5 Å². The van der Waals surface area contributed by atoms with E-state index in [2.05, 4.69) is 0 Å². The molecule has 2 rings (SSSR count). The molecule has 1 N–H and O–H groups in total. The highest BCUT2D eigenvalue weighted by molar-refractivity contribution is 5.34. The van der Waals surface area contributed by atoms with Crippen molar-refractivity contribution in [2.75, 3.05) is 20.3 Å². The van der Waals surface area contributed by atoms with Crippen LogP contribution in [0.15, 0.2) is 24.3 Å². The first kappa shape index (κ1) is 10.6. The summed E-state index contributed by atoms with van der Waals surface area (Å²) in [6.07, 6.45) is 0.876. The van der Waals surface area contributed by atoms with Crippen LogP contribution in [0.2, 0.25) is 0 Å². The summed E-state index contributed by atoms with van der Waals surface area (Å²) in [4.78, 5) is 0. The summed E-state index contributed by atoms with van der Waals surface area (Å²) < 4.78 is 18.1. The fourth-order valence-electron chi connectivity index (χ4n) is 2.24. The van der Waals surface area contributed by atoms with Gasteiger partial charge in [-0.15, -0.1) is 0 Å². The highest BCUT2D eigenvalue weighted by atomic mass is 19.1. The molecule has 0 radical (unpaired) electrons. The highest BCUT2D eigenvalue weighted by Crippen LogP contribution is 2.53. The predicted octanol–water partition coefficient (Wildman–Crippen LogP) is 1.72. The first-order valence-corrected chi connectivity index (χ1v) is 5.09. The average molecular weight is 210 g/mol. The third-order valence-corrected chi connectivity index (χ3v) is 3.28. The number of halogens is 1. The maximum atomic E-state index is 13.1. The van der Waals surface area contributed by atoms with Crippen LogP contribution in [-0.2, 0) is 10.2 Å². The molecule has 0 heterocycles. The Morgan fingerprint density at radius 2 is 2.40 bits per heavy atom. The number of hydrogen-bond acceptors (Lipinski definition) is 2. The highest BCUT2D eigenvalue weighted by Gasteiger charge is 2.54. The second-order valence-electron chi connectivity index (χ2n) is 4.18. The van der Waals surface area contributed by atoms with E-state index >= 15 is 0 Å². The Balaban J connectivity index is 2.22. The molecule has 82 valence electrons. The summed E-state index contributed by atoms with van der Waals surface area (Å²) in [5.74, 6) is 0.0673. The Bertz CT molecular complexity index is 353. The van der Waals surface area contributed by atoms with Crippen molar-refractivity contribution in [1.29, 1.82) is 0 Å². The number of ether oxygens (including phenoxy) is 1. The van der Waals surface area contributed by atoms with E-state index in [-0.39, 0.29) is 17.8 Å². The second-order valence-corrected chi connectivity index (χ2v) is 4.18. The van der Waals surface area contributed by atoms with Gasteiger partial charge in [0.15, 0.2) is 0 Å². The molecule has 1 fully saturated rings. The Morgan fingerprint density at radius 3 is 3.00 bits per heavy atom. The molecule has 0 spiro atoms. The molecule has 0 bridgehead atoms. The molecule has 0 saturated heterocycles. The lowest BCUT2D eigenvalue weighted by Gasteiger charge is -2.14. The molecule has 2 nitrogen and oxygen atoms in total. The van der Waals surface area contributed by atoms with Gasteiger partial charge in [0.1, 0.15) is 5.82 Å².